The second-order valence-electron chi connectivity index (χ2n) is 11.0. The van der Waals surface area contributed by atoms with Crippen molar-refractivity contribution in [3.63, 3.8) is 0 Å². The van der Waals surface area contributed by atoms with Crippen LogP contribution in [0.2, 0.25) is 0 Å². The molecule has 1 heterocycles. The van der Waals surface area contributed by atoms with Crippen molar-refractivity contribution in [2.75, 3.05) is 13.2 Å². The molecule has 3 aromatic carbocycles. The van der Waals surface area contributed by atoms with Crippen LogP contribution in [0.25, 0.3) is 11.1 Å². The summed E-state index contributed by atoms with van der Waals surface area (Å²) < 4.78 is 5.62. The first-order valence-corrected chi connectivity index (χ1v) is 14.3. The van der Waals surface area contributed by atoms with Crippen LogP contribution in [0.5, 0.6) is 0 Å². The molecule has 1 saturated heterocycles. The van der Waals surface area contributed by atoms with Gasteiger partial charge in [0, 0.05) is 37.5 Å². The number of aliphatic carboxylic acids is 1. The maximum absolute atomic E-state index is 13.2. The molecule has 41 heavy (non-hydrogen) atoms. The Morgan fingerprint density at radius 3 is 2.22 bits per heavy atom. The molecule has 8 nitrogen and oxygen atoms in total. The molecule has 3 atom stereocenters. The molecule has 0 aromatic heterocycles. The number of alkyl carbamates (subject to hydrolysis) is 1. The van der Waals surface area contributed by atoms with Crippen LogP contribution in [-0.4, -0.2) is 59.3 Å². The van der Waals surface area contributed by atoms with Crippen molar-refractivity contribution < 1.29 is 24.2 Å². The maximum atomic E-state index is 13.2. The van der Waals surface area contributed by atoms with Crippen LogP contribution in [-0.2, 0) is 20.9 Å². The van der Waals surface area contributed by atoms with E-state index >= 15 is 0 Å². The number of likely N-dealkylation sites (tertiary alicyclic amines) is 1. The maximum Gasteiger partial charge on any atom is 0.407 e. The number of hydrogen-bond donors (Lipinski definition) is 3. The van der Waals surface area contributed by atoms with Gasteiger partial charge >= 0.3 is 12.1 Å². The molecule has 2 amide bonds. The second-order valence-corrected chi connectivity index (χ2v) is 11.0. The highest BCUT2D eigenvalue weighted by Crippen LogP contribution is 2.44. The van der Waals surface area contributed by atoms with E-state index < -0.39 is 18.1 Å². The molecule has 1 aliphatic carbocycles. The van der Waals surface area contributed by atoms with Gasteiger partial charge in [-0.25, -0.2) is 4.79 Å². The molecule has 3 N–H and O–H groups in total. The van der Waals surface area contributed by atoms with Crippen molar-refractivity contribution in [3.8, 4) is 11.1 Å². The first-order chi connectivity index (χ1) is 19.9. The van der Waals surface area contributed by atoms with Crippen LogP contribution < -0.4 is 10.6 Å². The Morgan fingerprint density at radius 2 is 1.59 bits per heavy atom. The summed E-state index contributed by atoms with van der Waals surface area (Å²) in [5, 5.41) is 14.9. The molecule has 5 rings (SSSR count). The fraction of sp³-hybridized carbons (Fsp3) is 0.364. The fourth-order valence-corrected chi connectivity index (χ4v) is 6.03. The molecular formula is C33H37N3O5. The van der Waals surface area contributed by atoms with Crippen molar-refractivity contribution >= 4 is 18.0 Å². The van der Waals surface area contributed by atoms with Crippen LogP contribution in [0.3, 0.4) is 0 Å². The second kappa shape index (κ2) is 13.0. The summed E-state index contributed by atoms with van der Waals surface area (Å²) in [7, 11) is 0. The lowest BCUT2D eigenvalue weighted by atomic mass is 9.97. The van der Waals surface area contributed by atoms with Crippen LogP contribution in [0.4, 0.5) is 4.79 Å². The van der Waals surface area contributed by atoms with Crippen LogP contribution in [0.15, 0.2) is 78.9 Å². The molecule has 0 radical (unpaired) electrons. The number of ether oxygens (including phenoxy) is 1. The average molecular weight is 556 g/mol. The number of carboxylic acids is 1. The Kier molecular flexibility index (Phi) is 8.99. The predicted molar refractivity (Wildman–Crippen MR) is 156 cm³/mol. The van der Waals surface area contributed by atoms with Gasteiger partial charge in [-0.05, 0) is 54.0 Å². The molecule has 0 bridgehead atoms. The Hall–Kier alpha value is -4.17. The van der Waals surface area contributed by atoms with Gasteiger partial charge in [0.15, 0.2) is 0 Å². The number of hydrogen-bond acceptors (Lipinski definition) is 5. The fourth-order valence-electron chi connectivity index (χ4n) is 6.03. The molecule has 1 fully saturated rings. The molecule has 1 aliphatic heterocycles. The summed E-state index contributed by atoms with van der Waals surface area (Å²) in [4.78, 5) is 39.8. The van der Waals surface area contributed by atoms with Gasteiger partial charge in [0.2, 0.25) is 5.91 Å². The lowest BCUT2D eigenvalue weighted by molar-refractivity contribution is -0.137. The summed E-state index contributed by atoms with van der Waals surface area (Å²) >= 11 is 0. The summed E-state index contributed by atoms with van der Waals surface area (Å²) in [6, 6.07) is 25.6. The SMILES string of the molecule is CC1CC(NC(=O)C(CCC(=O)O)NC(=O)OCC2c3ccccc3-c3ccccc32)CCN1Cc1ccccc1. The largest absolute Gasteiger partial charge is 0.481 e. The van der Waals surface area contributed by atoms with E-state index in [-0.39, 0.29) is 43.4 Å². The van der Waals surface area contributed by atoms with Crippen molar-refractivity contribution in [2.45, 2.75) is 63.2 Å². The zero-order chi connectivity index (χ0) is 28.8. The Balaban J connectivity index is 1.17. The third-order valence-corrected chi connectivity index (χ3v) is 8.19. The van der Waals surface area contributed by atoms with Gasteiger partial charge in [-0.3, -0.25) is 14.5 Å². The van der Waals surface area contributed by atoms with Crippen LogP contribution in [0, 0.1) is 0 Å². The number of rotatable bonds is 10. The van der Waals surface area contributed by atoms with Crippen molar-refractivity contribution in [2.24, 2.45) is 0 Å². The normalized spacial score (nSPS) is 19.0. The third kappa shape index (κ3) is 6.95. The lowest BCUT2D eigenvalue weighted by Crippen LogP contribution is -2.53. The van der Waals surface area contributed by atoms with Gasteiger partial charge in [-0.1, -0.05) is 78.9 Å². The topological polar surface area (TPSA) is 108 Å². The number of fused-ring (bicyclic) bond motifs is 3. The van der Waals surface area contributed by atoms with Crippen LogP contribution >= 0.6 is 0 Å². The number of carbonyl (C=O) groups excluding carboxylic acids is 2. The van der Waals surface area contributed by atoms with Gasteiger partial charge < -0.3 is 20.5 Å². The minimum atomic E-state index is -1.03. The minimum Gasteiger partial charge on any atom is -0.481 e. The molecular weight excluding hydrogens is 518 g/mol. The van der Waals surface area contributed by atoms with E-state index in [0.29, 0.717) is 0 Å². The highest BCUT2D eigenvalue weighted by molar-refractivity contribution is 5.86. The molecule has 0 spiro atoms. The Morgan fingerprint density at radius 1 is 0.951 bits per heavy atom. The lowest BCUT2D eigenvalue weighted by Gasteiger charge is -2.38. The Labute approximate surface area is 240 Å². The van der Waals surface area contributed by atoms with Gasteiger partial charge in [-0.2, -0.15) is 0 Å². The molecule has 8 heteroatoms. The van der Waals surface area contributed by atoms with Crippen molar-refractivity contribution in [1.82, 2.24) is 15.5 Å². The number of carbonyl (C=O) groups is 3. The monoisotopic (exact) mass is 555 g/mol. The number of benzene rings is 3. The summed E-state index contributed by atoms with van der Waals surface area (Å²) in [6.07, 6.45) is 0.555. The number of carboxylic acid groups (broad SMARTS) is 1. The number of nitrogens with one attached hydrogen (secondary N) is 2. The van der Waals surface area contributed by atoms with Crippen LogP contribution in [0.1, 0.15) is 55.2 Å². The number of amides is 2. The van der Waals surface area contributed by atoms with E-state index in [1.165, 1.54) is 5.56 Å². The third-order valence-electron chi connectivity index (χ3n) is 8.19. The van der Waals surface area contributed by atoms with E-state index in [1.54, 1.807) is 0 Å². The van der Waals surface area contributed by atoms with Crippen molar-refractivity contribution in [3.05, 3.63) is 95.6 Å². The first-order valence-electron chi connectivity index (χ1n) is 14.3. The van der Waals surface area contributed by atoms with Gasteiger partial charge in [-0.15, -0.1) is 0 Å². The van der Waals surface area contributed by atoms with E-state index in [9.17, 15) is 19.5 Å². The van der Waals surface area contributed by atoms with E-state index in [2.05, 4.69) is 46.7 Å². The Bertz CT molecular complexity index is 1330. The van der Waals surface area contributed by atoms with E-state index in [0.717, 1.165) is 48.2 Å². The van der Waals surface area contributed by atoms with Gasteiger partial charge in [0.1, 0.15) is 12.6 Å². The molecule has 3 aromatic rings. The van der Waals surface area contributed by atoms with E-state index in [4.69, 9.17) is 4.74 Å². The zero-order valence-corrected chi connectivity index (χ0v) is 23.3. The predicted octanol–water partition coefficient (Wildman–Crippen LogP) is 4.93. The quantitative estimate of drug-likeness (QED) is 0.328. The molecule has 3 unspecified atom stereocenters. The standard InChI is InChI=1S/C33H37N3O5/c1-22-19-24(17-18-36(22)20-23-9-3-2-4-10-23)34-32(39)30(15-16-31(37)38)35-33(40)41-21-29-27-13-7-5-11-25(27)26-12-6-8-14-28(26)29/h2-14,22,24,29-30H,15-21H2,1H3,(H,34,39)(H,35,40)(H,37,38). The molecule has 0 saturated carbocycles. The smallest absolute Gasteiger partial charge is 0.407 e. The number of nitrogens with zero attached hydrogens (tertiary/aromatic N) is 1. The molecule has 2 aliphatic rings. The summed E-state index contributed by atoms with van der Waals surface area (Å²) in [6.45, 7) is 3.95. The zero-order valence-electron chi connectivity index (χ0n) is 23.3. The molecule has 214 valence electrons. The first kappa shape index (κ1) is 28.4. The average Bonchev–Trinajstić information content (AvgIpc) is 3.29. The highest BCUT2D eigenvalue weighted by Gasteiger charge is 2.32. The van der Waals surface area contributed by atoms with Crippen molar-refractivity contribution in [1.29, 1.82) is 0 Å². The summed E-state index contributed by atoms with van der Waals surface area (Å²) in [5.41, 5.74) is 5.69. The highest BCUT2D eigenvalue weighted by atomic mass is 16.5. The minimum absolute atomic E-state index is 0.0201. The van der Waals surface area contributed by atoms with Gasteiger partial charge in [0.25, 0.3) is 0 Å². The number of piperidine rings is 1. The van der Waals surface area contributed by atoms with Gasteiger partial charge in [0.05, 0.1) is 0 Å². The summed E-state index contributed by atoms with van der Waals surface area (Å²) in [5.74, 6) is -1.52. The van der Waals surface area contributed by atoms with E-state index in [1.807, 2.05) is 54.6 Å².